The number of nitrogens with one attached hydrogen (secondary N) is 2. The molecule has 1 aliphatic heterocycles. The molecule has 0 radical (unpaired) electrons. The Kier molecular flexibility index (Phi) is 5.53. The molecule has 8 nitrogen and oxygen atoms in total. The molecule has 3 aromatic heterocycles. The van der Waals surface area contributed by atoms with Crippen LogP contribution in [0.2, 0.25) is 0 Å². The van der Waals surface area contributed by atoms with Gasteiger partial charge in [0.2, 0.25) is 0 Å². The molecule has 29 heavy (non-hydrogen) atoms. The Morgan fingerprint density at radius 1 is 1.31 bits per heavy atom. The van der Waals surface area contributed by atoms with Gasteiger partial charge in [0.05, 0.1) is 23.7 Å². The molecule has 1 saturated heterocycles. The highest BCUT2D eigenvalue weighted by molar-refractivity contribution is 5.93. The van der Waals surface area contributed by atoms with Crippen LogP contribution in [-0.2, 0) is 7.05 Å². The first kappa shape index (κ1) is 19.4. The minimum Gasteiger partial charge on any atom is -0.468 e. The number of aromatic nitrogens is 4. The van der Waals surface area contributed by atoms with Gasteiger partial charge in [-0.15, -0.1) is 0 Å². The van der Waals surface area contributed by atoms with Gasteiger partial charge in [-0.3, -0.25) is 19.5 Å². The topological polar surface area (TPSA) is 92.0 Å². The minimum atomic E-state index is -0.170. The third-order valence-corrected chi connectivity index (χ3v) is 5.75. The number of likely N-dealkylation sites (tertiary alicyclic amines) is 1. The summed E-state index contributed by atoms with van der Waals surface area (Å²) >= 11 is 0. The van der Waals surface area contributed by atoms with Crippen molar-refractivity contribution in [3.63, 3.8) is 0 Å². The van der Waals surface area contributed by atoms with Crippen LogP contribution >= 0.6 is 0 Å². The van der Waals surface area contributed by atoms with E-state index in [-0.39, 0.29) is 11.9 Å². The number of nitrogens with zero attached hydrogens (tertiary/aromatic N) is 4. The molecule has 0 bridgehead atoms. The van der Waals surface area contributed by atoms with Gasteiger partial charge < -0.3 is 9.73 Å². The van der Waals surface area contributed by atoms with E-state index in [1.165, 1.54) is 19.3 Å². The van der Waals surface area contributed by atoms with Crippen molar-refractivity contribution in [3.05, 3.63) is 47.3 Å². The summed E-state index contributed by atoms with van der Waals surface area (Å²) in [5.41, 5.74) is 4.05. The summed E-state index contributed by atoms with van der Waals surface area (Å²) in [6, 6.07) is 5.70. The first-order chi connectivity index (χ1) is 14.0. The molecule has 1 amide bonds. The maximum atomic E-state index is 12.8. The van der Waals surface area contributed by atoms with Gasteiger partial charge >= 0.3 is 0 Å². The number of hydrogen-bond acceptors (Lipinski definition) is 5. The van der Waals surface area contributed by atoms with E-state index in [4.69, 9.17) is 4.42 Å². The summed E-state index contributed by atoms with van der Waals surface area (Å²) in [4.78, 5) is 15.2. The summed E-state index contributed by atoms with van der Waals surface area (Å²) in [5.74, 6) is 0.718. The van der Waals surface area contributed by atoms with E-state index in [0.29, 0.717) is 12.2 Å². The van der Waals surface area contributed by atoms with Crippen molar-refractivity contribution in [3.8, 4) is 11.3 Å². The van der Waals surface area contributed by atoms with Gasteiger partial charge in [-0.1, -0.05) is 6.42 Å². The molecule has 0 spiro atoms. The molecule has 0 aromatic carbocycles. The van der Waals surface area contributed by atoms with Crippen LogP contribution in [0.3, 0.4) is 0 Å². The van der Waals surface area contributed by atoms with Crippen molar-refractivity contribution in [1.29, 1.82) is 0 Å². The SMILES string of the molecule is Cc1nn(C)c(C)c1-c1cc(C(=O)NCC(c2ccco2)N2CCCCC2)[nH]n1. The lowest BCUT2D eigenvalue weighted by Crippen LogP contribution is -2.40. The Labute approximate surface area is 170 Å². The van der Waals surface area contributed by atoms with Crippen molar-refractivity contribution >= 4 is 5.91 Å². The summed E-state index contributed by atoms with van der Waals surface area (Å²) in [7, 11) is 1.90. The summed E-state index contributed by atoms with van der Waals surface area (Å²) in [6.07, 6.45) is 5.31. The van der Waals surface area contributed by atoms with Gasteiger partial charge in [0.1, 0.15) is 11.5 Å². The number of aryl methyl sites for hydroxylation is 2. The molecule has 4 rings (SSSR count). The first-order valence-electron chi connectivity index (χ1n) is 10.2. The van der Waals surface area contributed by atoms with Crippen LogP contribution in [0.1, 0.15) is 52.9 Å². The number of piperidine rings is 1. The molecule has 0 aliphatic carbocycles. The van der Waals surface area contributed by atoms with E-state index in [9.17, 15) is 4.79 Å². The van der Waals surface area contributed by atoms with Crippen molar-refractivity contribution in [2.24, 2.45) is 7.05 Å². The van der Waals surface area contributed by atoms with Gasteiger partial charge in [-0.05, 0) is 58.0 Å². The van der Waals surface area contributed by atoms with Crippen molar-refractivity contribution in [1.82, 2.24) is 30.2 Å². The van der Waals surface area contributed by atoms with Crippen LogP contribution in [0.5, 0.6) is 0 Å². The molecule has 4 heterocycles. The van der Waals surface area contributed by atoms with Gasteiger partial charge in [-0.2, -0.15) is 10.2 Å². The lowest BCUT2D eigenvalue weighted by molar-refractivity contribution is 0.0909. The number of H-pyrrole nitrogens is 1. The van der Waals surface area contributed by atoms with E-state index in [1.54, 1.807) is 12.3 Å². The number of rotatable bonds is 6. The Morgan fingerprint density at radius 3 is 2.76 bits per heavy atom. The fraction of sp³-hybridized carbons (Fsp3) is 0.476. The molecular formula is C21H28N6O2. The normalized spacial score (nSPS) is 16.1. The Morgan fingerprint density at radius 2 is 2.10 bits per heavy atom. The smallest absolute Gasteiger partial charge is 0.269 e. The van der Waals surface area contributed by atoms with Gasteiger partial charge in [0.25, 0.3) is 5.91 Å². The van der Waals surface area contributed by atoms with Crippen molar-refractivity contribution in [2.75, 3.05) is 19.6 Å². The standard InChI is InChI=1S/C21H28N6O2/c1-14-20(15(2)26(3)25-14)16-12-17(24-23-16)21(28)22-13-18(19-8-7-11-29-19)27-9-5-4-6-10-27/h7-8,11-12,18H,4-6,9-10,13H2,1-3H3,(H,22,28)(H,23,24). The average molecular weight is 396 g/mol. The molecule has 1 aliphatic rings. The van der Waals surface area contributed by atoms with E-state index in [2.05, 4.69) is 25.5 Å². The Balaban J connectivity index is 1.47. The first-order valence-corrected chi connectivity index (χ1v) is 10.2. The van der Waals surface area contributed by atoms with Crippen LogP contribution in [0.25, 0.3) is 11.3 Å². The molecular weight excluding hydrogens is 368 g/mol. The maximum Gasteiger partial charge on any atom is 0.269 e. The summed E-state index contributed by atoms with van der Waals surface area (Å²) in [6.45, 7) is 6.48. The largest absolute Gasteiger partial charge is 0.468 e. The quantitative estimate of drug-likeness (QED) is 0.668. The van der Waals surface area contributed by atoms with E-state index < -0.39 is 0 Å². The molecule has 1 unspecified atom stereocenters. The zero-order valence-electron chi connectivity index (χ0n) is 17.2. The van der Waals surface area contributed by atoms with Gasteiger partial charge in [0, 0.05) is 24.8 Å². The number of carbonyl (C=O) groups excluding carboxylic acids is 1. The van der Waals surface area contributed by atoms with Gasteiger partial charge in [-0.25, -0.2) is 0 Å². The number of hydrogen-bond donors (Lipinski definition) is 2. The fourth-order valence-electron chi connectivity index (χ4n) is 4.12. The predicted molar refractivity (Wildman–Crippen MR) is 109 cm³/mol. The highest BCUT2D eigenvalue weighted by Crippen LogP contribution is 2.26. The Bertz CT molecular complexity index is 966. The molecule has 0 saturated carbocycles. The van der Waals surface area contributed by atoms with E-state index in [1.807, 2.05) is 37.7 Å². The number of aromatic amines is 1. The van der Waals surface area contributed by atoms with E-state index >= 15 is 0 Å². The molecule has 154 valence electrons. The molecule has 8 heteroatoms. The molecule has 3 aromatic rings. The van der Waals surface area contributed by atoms with Crippen molar-refractivity contribution in [2.45, 2.75) is 39.2 Å². The minimum absolute atomic E-state index is 0.0412. The molecule has 1 atom stereocenters. The van der Waals surface area contributed by atoms with Crippen molar-refractivity contribution < 1.29 is 9.21 Å². The third kappa shape index (κ3) is 3.98. The van der Waals surface area contributed by atoms with Crippen LogP contribution in [0.4, 0.5) is 0 Å². The zero-order chi connectivity index (χ0) is 20.4. The number of amides is 1. The summed E-state index contributed by atoms with van der Waals surface area (Å²) < 4.78 is 7.48. The Hall–Kier alpha value is -2.87. The second-order valence-corrected chi connectivity index (χ2v) is 7.67. The average Bonchev–Trinajstić information content (AvgIpc) is 3.45. The second-order valence-electron chi connectivity index (χ2n) is 7.67. The third-order valence-electron chi connectivity index (χ3n) is 5.75. The molecule has 2 N–H and O–H groups in total. The summed E-state index contributed by atoms with van der Waals surface area (Å²) in [5, 5.41) is 14.7. The maximum absolute atomic E-state index is 12.8. The zero-order valence-corrected chi connectivity index (χ0v) is 17.2. The predicted octanol–water partition coefficient (Wildman–Crippen LogP) is 2.98. The second kappa shape index (κ2) is 8.24. The van der Waals surface area contributed by atoms with Gasteiger partial charge in [0.15, 0.2) is 0 Å². The highest BCUT2D eigenvalue weighted by Gasteiger charge is 2.25. The van der Waals surface area contributed by atoms with Crippen LogP contribution in [0.15, 0.2) is 28.9 Å². The van der Waals surface area contributed by atoms with Crippen LogP contribution < -0.4 is 5.32 Å². The monoisotopic (exact) mass is 396 g/mol. The van der Waals surface area contributed by atoms with Crippen LogP contribution in [0, 0.1) is 13.8 Å². The number of carbonyl (C=O) groups is 1. The number of furan rings is 1. The highest BCUT2D eigenvalue weighted by atomic mass is 16.3. The van der Waals surface area contributed by atoms with E-state index in [0.717, 1.165) is 41.5 Å². The molecule has 1 fully saturated rings. The van der Waals surface area contributed by atoms with Crippen LogP contribution in [-0.4, -0.2) is 50.4 Å². The lowest BCUT2D eigenvalue weighted by Gasteiger charge is -2.33. The lowest BCUT2D eigenvalue weighted by atomic mass is 10.1. The fourth-order valence-corrected chi connectivity index (χ4v) is 4.12.